The van der Waals surface area contributed by atoms with Crippen molar-refractivity contribution >= 4 is 27.9 Å². The van der Waals surface area contributed by atoms with E-state index < -0.39 is 26.0 Å². The lowest BCUT2D eigenvalue weighted by Crippen LogP contribution is -2.06. The van der Waals surface area contributed by atoms with Crippen LogP contribution in [0, 0.1) is 0 Å². The van der Waals surface area contributed by atoms with Crippen molar-refractivity contribution in [3.63, 3.8) is 0 Å². The molecule has 0 bridgehead atoms. The van der Waals surface area contributed by atoms with Crippen molar-refractivity contribution in [1.29, 1.82) is 1.28 Å². The first-order chi connectivity index (χ1) is 4.61. The molecule has 1 heterocycles. The van der Waals surface area contributed by atoms with Gasteiger partial charge in [0.25, 0.3) is 0 Å². The molecule has 0 aromatic heterocycles. The molecule has 2 unspecified atom stereocenters. The minimum absolute atomic E-state index is 0.0233. The van der Waals surface area contributed by atoms with Gasteiger partial charge in [0.05, 0.1) is 12.1 Å². The monoisotopic (exact) mass is 144 g/mol. The normalized spacial score (nSPS) is 31.6. The second-order valence-corrected chi connectivity index (χ2v) is 2.58. The number of hydrogen-bond donors (Lipinski definition) is 0. The summed E-state index contributed by atoms with van der Waals surface area (Å²) >= 11 is 0. The van der Waals surface area contributed by atoms with E-state index in [2.05, 4.69) is 4.74 Å². The number of carbonyl (C=O) groups excluding carboxylic acids is 2. The molecule has 1 rings (SSSR count). The standard InChI is InChI=1S/C4H4BO3P/c5-9-2-1-3(6)8-4(2)7/h2,9H,1H2/i9T. The van der Waals surface area contributed by atoms with Gasteiger partial charge >= 0.3 is 11.9 Å². The zero-order valence-electron chi connectivity index (χ0n) is 5.53. The first-order valence-electron chi connectivity index (χ1n) is 2.83. The fourth-order valence-corrected chi connectivity index (χ4v) is 1.01. The second kappa shape index (κ2) is 2.48. The van der Waals surface area contributed by atoms with E-state index in [0.717, 1.165) is 0 Å². The molecule has 0 aromatic carbocycles. The van der Waals surface area contributed by atoms with E-state index in [1.165, 1.54) is 0 Å². The molecular formula is C4H4BO3P. The maximum atomic E-state index is 10.6. The van der Waals surface area contributed by atoms with Gasteiger partial charge in [-0.1, -0.05) is 0 Å². The molecule has 1 aliphatic rings. The van der Waals surface area contributed by atoms with Gasteiger partial charge in [-0.25, -0.2) is 0 Å². The summed E-state index contributed by atoms with van der Waals surface area (Å²) < 4.78 is 11.2. The molecule has 9 heavy (non-hydrogen) atoms. The van der Waals surface area contributed by atoms with Gasteiger partial charge in [0.1, 0.15) is 7.57 Å². The highest BCUT2D eigenvalue weighted by molar-refractivity contribution is 7.67. The number of esters is 2. The molecule has 0 aromatic rings. The van der Waals surface area contributed by atoms with Crippen molar-refractivity contribution in [3.05, 3.63) is 0 Å². The summed E-state index contributed by atoms with van der Waals surface area (Å²) in [6.07, 6.45) is -0.0233. The Morgan fingerprint density at radius 2 is 2.56 bits per heavy atom. The van der Waals surface area contributed by atoms with Crippen LogP contribution in [0.15, 0.2) is 0 Å². The highest BCUT2D eigenvalue weighted by Crippen LogP contribution is 2.23. The minimum Gasteiger partial charge on any atom is -0.393 e. The largest absolute Gasteiger partial charge is 0.393 e. The lowest BCUT2D eigenvalue weighted by atomic mass is 10.3. The fourth-order valence-electron chi connectivity index (χ4n) is 0.577. The number of cyclic esters (lactones) is 2. The highest BCUT2D eigenvalue weighted by atomic mass is 31.1. The molecule has 0 aliphatic carbocycles. The van der Waals surface area contributed by atoms with E-state index in [1.807, 2.05) is 0 Å². The maximum absolute atomic E-state index is 10.6. The van der Waals surface area contributed by atoms with Crippen molar-refractivity contribution in [2.45, 2.75) is 12.1 Å². The Balaban J connectivity index is 2.63. The van der Waals surface area contributed by atoms with E-state index in [0.29, 0.717) is 0 Å². The summed E-state index contributed by atoms with van der Waals surface area (Å²) in [7, 11) is 3.52. The average molecular weight is 144 g/mol. The molecule has 1 saturated heterocycles. The first-order valence-corrected chi connectivity index (χ1v) is 3.42. The molecule has 1 fully saturated rings. The van der Waals surface area contributed by atoms with E-state index in [1.54, 1.807) is 0 Å². The van der Waals surface area contributed by atoms with Gasteiger partial charge in [-0.05, 0) is 0 Å². The van der Waals surface area contributed by atoms with Crippen LogP contribution in [0.1, 0.15) is 6.42 Å². The molecule has 2 radical (unpaired) electrons. The van der Waals surface area contributed by atoms with Crippen LogP contribution in [-0.2, 0) is 14.3 Å². The van der Waals surface area contributed by atoms with Gasteiger partial charge in [0, 0.05) is 1.28 Å². The van der Waals surface area contributed by atoms with E-state index in [4.69, 9.17) is 8.84 Å². The summed E-state index contributed by atoms with van der Waals surface area (Å²) in [6.45, 7) is 0. The quantitative estimate of drug-likeness (QED) is 0.217. The Labute approximate surface area is 56.6 Å². The van der Waals surface area contributed by atoms with Gasteiger partial charge in [-0.15, -0.1) is 0 Å². The van der Waals surface area contributed by atoms with E-state index >= 15 is 0 Å². The van der Waals surface area contributed by atoms with Gasteiger partial charge < -0.3 is 4.74 Å². The van der Waals surface area contributed by atoms with Crippen LogP contribution in [0.5, 0.6) is 0 Å². The third kappa shape index (κ3) is 1.30. The second-order valence-electron chi connectivity index (χ2n) is 1.66. The van der Waals surface area contributed by atoms with Crippen LogP contribution in [0.4, 0.5) is 0 Å². The van der Waals surface area contributed by atoms with Crippen LogP contribution in [0.2, 0.25) is 0 Å². The van der Waals surface area contributed by atoms with Gasteiger partial charge in [0.2, 0.25) is 0 Å². The molecular weight excluding hydrogens is 138 g/mol. The molecule has 46 valence electrons. The predicted molar refractivity (Wildman–Crippen MR) is 33.6 cm³/mol. The van der Waals surface area contributed by atoms with Crippen molar-refractivity contribution < 1.29 is 14.3 Å². The van der Waals surface area contributed by atoms with Crippen LogP contribution in [0.25, 0.3) is 0 Å². The Morgan fingerprint density at radius 1 is 1.89 bits per heavy atom. The maximum Gasteiger partial charge on any atom is 0.320 e. The third-order valence-electron chi connectivity index (χ3n) is 1.03. The molecule has 3 nitrogen and oxygen atoms in total. The Hall–Kier alpha value is -0.365. The Morgan fingerprint density at radius 3 is 2.78 bits per heavy atom. The topological polar surface area (TPSA) is 43.4 Å². The average Bonchev–Trinajstić information content (AvgIpc) is 2.10. The lowest BCUT2D eigenvalue weighted by molar-refractivity contribution is -0.151. The minimum atomic E-state index is -1.61. The van der Waals surface area contributed by atoms with Crippen molar-refractivity contribution in [3.8, 4) is 0 Å². The van der Waals surface area contributed by atoms with Crippen LogP contribution in [0.3, 0.4) is 0 Å². The highest BCUT2D eigenvalue weighted by Gasteiger charge is 2.31. The van der Waals surface area contributed by atoms with E-state index in [-0.39, 0.29) is 6.42 Å². The van der Waals surface area contributed by atoms with Gasteiger partial charge in [-0.3, -0.25) is 9.59 Å². The molecule has 0 amide bonds. The predicted octanol–water partition coefficient (Wildman–Crippen LogP) is -0.410. The zero-order chi connectivity index (χ0) is 7.72. The molecule has 0 saturated carbocycles. The van der Waals surface area contributed by atoms with Crippen molar-refractivity contribution in [1.82, 2.24) is 0 Å². The number of carbonyl (C=O) groups is 2. The molecule has 0 N–H and O–H groups in total. The SMILES string of the molecule is [3H]P([B])C1CC(=O)OC1=O. The Bertz CT molecular complexity index is 183. The number of hydrogen-bond acceptors (Lipinski definition) is 3. The summed E-state index contributed by atoms with van der Waals surface area (Å²) in [4.78, 5) is 21.0. The molecule has 0 spiro atoms. The van der Waals surface area contributed by atoms with Gasteiger partial charge in [-0.2, -0.15) is 8.40 Å². The van der Waals surface area contributed by atoms with Gasteiger partial charge in [0.15, 0.2) is 0 Å². The zero-order valence-corrected chi connectivity index (χ0v) is 5.43. The van der Waals surface area contributed by atoms with Crippen molar-refractivity contribution in [2.75, 3.05) is 0 Å². The Kier molecular flexibility index (Phi) is 1.50. The van der Waals surface area contributed by atoms with Crippen LogP contribution < -0.4 is 0 Å². The molecule has 5 heteroatoms. The summed E-state index contributed by atoms with van der Waals surface area (Å²) in [6, 6.07) is 0. The lowest BCUT2D eigenvalue weighted by Gasteiger charge is -1.94. The fraction of sp³-hybridized carbons (Fsp3) is 0.500. The van der Waals surface area contributed by atoms with E-state index in [9.17, 15) is 9.59 Å². The summed E-state index contributed by atoms with van der Waals surface area (Å²) in [5.74, 6) is -1.21. The molecule has 1 aliphatic heterocycles. The first kappa shape index (κ1) is 5.42. The molecule has 2 atom stereocenters. The van der Waals surface area contributed by atoms with Crippen LogP contribution in [-0.4, -0.2) is 26.4 Å². The van der Waals surface area contributed by atoms with Crippen LogP contribution >= 0.6 is 8.40 Å². The summed E-state index contributed by atoms with van der Waals surface area (Å²) in [5, 5.41) is 0. The summed E-state index contributed by atoms with van der Waals surface area (Å²) in [5.41, 5.74) is -0.692. The number of ether oxygens (including phenoxy) is 1. The third-order valence-corrected chi connectivity index (χ3v) is 1.78. The van der Waals surface area contributed by atoms with Crippen molar-refractivity contribution in [2.24, 2.45) is 0 Å². The number of rotatable bonds is 1. The smallest absolute Gasteiger partial charge is 0.320 e.